The lowest BCUT2D eigenvalue weighted by molar-refractivity contribution is 0.149. The highest BCUT2D eigenvalue weighted by Crippen LogP contribution is 2.26. The maximum absolute atomic E-state index is 14.1. The fourth-order valence-electron chi connectivity index (χ4n) is 4.95. The van der Waals surface area contributed by atoms with Gasteiger partial charge in [-0.05, 0) is 53.8 Å². The van der Waals surface area contributed by atoms with Crippen LogP contribution in [-0.4, -0.2) is 61.1 Å². The van der Waals surface area contributed by atoms with Gasteiger partial charge in [0.15, 0.2) is 0 Å². The number of sulfonamides is 2. The van der Waals surface area contributed by atoms with Gasteiger partial charge in [-0.3, -0.25) is 9.36 Å². The molecule has 0 unspecified atom stereocenters. The van der Waals surface area contributed by atoms with E-state index in [1.807, 2.05) is 0 Å². The van der Waals surface area contributed by atoms with Crippen molar-refractivity contribution < 1.29 is 30.0 Å². The van der Waals surface area contributed by atoms with Crippen LogP contribution in [0.5, 0.6) is 0 Å². The second-order valence-corrected chi connectivity index (χ2v) is 13.8. The number of hydrogen-bond donors (Lipinski definition) is 2. The number of nitrogens with two attached hydrogens (primary N) is 1. The normalized spacial score (nSPS) is 15.3. The molecule has 1 aliphatic heterocycles. The number of rotatable bonds is 8. The number of pyridine rings is 1. The summed E-state index contributed by atoms with van der Waals surface area (Å²) in [5, 5.41) is 8.51. The maximum atomic E-state index is 14.1. The average molecular weight is 637 g/mol. The van der Waals surface area contributed by atoms with Gasteiger partial charge in [0.2, 0.25) is 26.0 Å². The van der Waals surface area contributed by atoms with E-state index >= 15 is 0 Å². The van der Waals surface area contributed by atoms with Gasteiger partial charge in [-0.15, -0.1) is 0 Å². The van der Waals surface area contributed by atoms with Crippen LogP contribution in [0.25, 0.3) is 22.2 Å². The van der Waals surface area contributed by atoms with Crippen LogP contribution in [0.3, 0.4) is 0 Å². The molecule has 11 nitrogen and oxygen atoms in total. The van der Waals surface area contributed by atoms with Crippen LogP contribution in [-0.2, 0) is 26.6 Å². The topological polar surface area (TPSA) is 157 Å². The molecular formula is C27H27F3N6O5S2. The number of nitrogens with one attached hydrogen (secondary N) is 1. The van der Waals surface area contributed by atoms with Gasteiger partial charge < -0.3 is 5.32 Å². The first-order chi connectivity index (χ1) is 20.2. The van der Waals surface area contributed by atoms with E-state index in [0.717, 1.165) is 29.0 Å². The fraction of sp³-hybridized carbons (Fsp3) is 0.296. The van der Waals surface area contributed by atoms with Crippen molar-refractivity contribution in [2.24, 2.45) is 5.14 Å². The van der Waals surface area contributed by atoms with Crippen LogP contribution in [0.15, 0.2) is 64.4 Å². The third-order valence-electron chi connectivity index (χ3n) is 7.17. The summed E-state index contributed by atoms with van der Waals surface area (Å²) in [6.07, 6.45) is 0.460. The zero-order valence-corrected chi connectivity index (χ0v) is 24.4. The van der Waals surface area contributed by atoms with Gasteiger partial charge in [-0.2, -0.15) is 4.98 Å². The molecule has 0 radical (unpaired) electrons. The molecule has 2 aromatic carbocycles. The zero-order valence-electron chi connectivity index (χ0n) is 22.7. The Balaban J connectivity index is 1.45. The highest BCUT2D eigenvalue weighted by atomic mass is 32.2. The summed E-state index contributed by atoms with van der Waals surface area (Å²) in [5.41, 5.74) is -0.279. The highest BCUT2D eigenvalue weighted by molar-refractivity contribution is 7.89. The fourth-order valence-corrected chi connectivity index (χ4v) is 6.39. The van der Waals surface area contributed by atoms with Gasteiger partial charge in [-0.25, -0.2) is 44.4 Å². The van der Waals surface area contributed by atoms with Crippen molar-refractivity contribution in [2.75, 3.05) is 24.7 Å². The van der Waals surface area contributed by atoms with Crippen molar-refractivity contribution in [3.63, 3.8) is 0 Å². The molecule has 0 saturated carbocycles. The van der Waals surface area contributed by atoms with Gasteiger partial charge in [0, 0.05) is 30.7 Å². The van der Waals surface area contributed by atoms with E-state index in [1.54, 1.807) is 24.3 Å². The number of piperidine rings is 1. The van der Waals surface area contributed by atoms with Crippen LogP contribution in [0.1, 0.15) is 30.4 Å². The molecule has 16 heteroatoms. The highest BCUT2D eigenvalue weighted by Gasteiger charge is 2.26. The Kier molecular flexibility index (Phi) is 8.30. The molecule has 43 heavy (non-hydrogen) atoms. The molecule has 1 saturated heterocycles. The molecule has 0 atom stereocenters. The minimum atomic E-state index is -4.15. The summed E-state index contributed by atoms with van der Waals surface area (Å²) in [6, 6.07) is 10.4. The number of halogens is 3. The minimum Gasteiger partial charge on any atom is -0.351 e. The number of aromatic nitrogens is 3. The quantitative estimate of drug-likeness (QED) is 0.299. The first kappa shape index (κ1) is 30.6. The van der Waals surface area contributed by atoms with Gasteiger partial charge in [0.1, 0.15) is 11.5 Å². The summed E-state index contributed by atoms with van der Waals surface area (Å²) in [6.45, 7) is 0.508. The third-order valence-corrected chi connectivity index (χ3v) is 9.37. The summed E-state index contributed by atoms with van der Waals surface area (Å²) in [4.78, 5) is 21.4. The first-order valence-corrected chi connectivity index (χ1v) is 16.4. The van der Waals surface area contributed by atoms with E-state index in [1.165, 1.54) is 16.6 Å². The number of fused-ring (bicyclic) bond motifs is 1. The van der Waals surface area contributed by atoms with Crippen LogP contribution in [0.2, 0.25) is 0 Å². The molecule has 2 aromatic heterocycles. The van der Waals surface area contributed by atoms with Gasteiger partial charge in [0.25, 0.3) is 12.0 Å². The standard InChI is InChI=1S/C27H27F3N6O5S2/c1-42(38,39)35-8-6-21(7-9-35)33-27-32-14-19-12-23(24(29)30)26(37)36(25(19)34-27)15-16-2-4-17(5-3-16)18-10-20(28)13-22(11-18)43(31,40)41/h2-5,10-14,21,24H,6-9,15H2,1H3,(H2,31,40,41)(H,32,33,34). The van der Waals surface area contributed by atoms with Crippen molar-refractivity contribution in [1.82, 2.24) is 18.8 Å². The second kappa shape index (κ2) is 11.7. The summed E-state index contributed by atoms with van der Waals surface area (Å²) in [5.74, 6) is -0.632. The number of alkyl halides is 2. The number of hydrogen-bond acceptors (Lipinski definition) is 8. The predicted octanol–water partition coefficient (Wildman–Crippen LogP) is 3.07. The molecule has 0 spiro atoms. The number of primary sulfonamides is 1. The van der Waals surface area contributed by atoms with Crippen LogP contribution >= 0.6 is 0 Å². The van der Waals surface area contributed by atoms with E-state index in [2.05, 4.69) is 15.3 Å². The molecule has 0 aliphatic carbocycles. The van der Waals surface area contributed by atoms with E-state index in [-0.39, 0.29) is 35.1 Å². The van der Waals surface area contributed by atoms with Crippen LogP contribution in [0.4, 0.5) is 19.1 Å². The lowest BCUT2D eigenvalue weighted by atomic mass is 10.0. The van der Waals surface area contributed by atoms with Gasteiger partial charge in [-0.1, -0.05) is 24.3 Å². The van der Waals surface area contributed by atoms with Crippen molar-refractivity contribution >= 4 is 37.0 Å². The van der Waals surface area contributed by atoms with E-state index in [9.17, 15) is 34.8 Å². The Hall–Kier alpha value is -3.86. The van der Waals surface area contributed by atoms with Crippen molar-refractivity contribution in [1.29, 1.82) is 0 Å². The van der Waals surface area contributed by atoms with Crippen molar-refractivity contribution in [2.45, 2.75) is 36.7 Å². The molecular weight excluding hydrogens is 609 g/mol. The van der Waals surface area contributed by atoms with Crippen LogP contribution in [0, 0.1) is 5.82 Å². The Bertz CT molecular complexity index is 1960. The number of benzene rings is 2. The van der Waals surface area contributed by atoms with Crippen molar-refractivity contribution in [3.05, 3.63) is 82.0 Å². The van der Waals surface area contributed by atoms with E-state index in [0.29, 0.717) is 37.1 Å². The Morgan fingerprint density at radius 1 is 1.02 bits per heavy atom. The summed E-state index contributed by atoms with van der Waals surface area (Å²) >= 11 is 0. The third kappa shape index (κ3) is 6.87. The number of nitrogens with zero attached hydrogens (tertiary/aromatic N) is 4. The molecule has 0 bridgehead atoms. The van der Waals surface area contributed by atoms with Crippen molar-refractivity contribution in [3.8, 4) is 11.1 Å². The SMILES string of the molecule is CS(=O)(=O)N1CCC(Nc2ncc3cc(C(F)F)c(=O)n(Cc4ccc(-c5cc(F)cc(S(N)(=O)=O)c5)cc4)c3n2)CC1. The molecule has 228 valence electrons. The maximum Gasteiger partial charge on any atom is 0.269 e. The van der Waals surface area contributed by atoms with Gasteiger partial charge in [0.05, 0.1) is 23.3 Å². The Morgan fingerprint density at radius 2 is 1.70 bits per heavy atom. The lowest BCUT2D eigenvalue weighted by Crippen LogP contribution is -2.42. The number of anilines is 1. The predicted molar refractivity (Wildman–Crippen MR) is 154 cm³/mol. The molecule has 0 amide bonds. The zero-order chi connectivity index (χ0) is 31.1. The largest absolute Gasteiger partial charge is 0.351 e. The molecule has 3 heterocycles. The molecule has 3 N–H and O–H groups in total. The lowest BCUT2D eigenvalue weighted by Gasteiger charge is -2.30. The Labute approximate surface area is 245 Å². The molecule has 4 aromatic rings. The minimum absolute atomic E-state index is 0.118. The summed E-state index contributed by atoms with van der Waals surface area (Å²) in [7, 11) is -7.45. The second-order valence-electron chi connectivity index (χ2n) is 10.3. The van der Waals surface area contributed by atoms with Crippen LogP contribution < -0.4 is 16.0 Å². The molecule has 1 aliphatic rings. The summed E-state index contributed by atoms with van der Waals surface area (Å²) < 4.78 is 91.2. The van der Waals surface area contributed by atoms with E-state index in [4.69, 9.17) is 5.14 Å². The monoisotopic (exact) mass is 636 g/mol. The molecule has 5 rings (SSSR count). The van der Waals surface area contributed by atoms with E-state index < -0.39 is 48.3 Å². The average Bonchev–Trinajstić information content (AvgIpc) is 2.94. The Morgan fingerprint density at radius 3 is 2.30 bits per heavy atom. The molecule has 1 fully saturated rings. The van der Waals surface area contributed by atoms with Gasteiger partial charge >= 0.3 is 0 Å². The smallest absolute Gasteiger partial charge is 0.269 e. The first-order valence-electron chi connectivity index (χ1n) is 13.0.